The first-order valence-electron chi connectivity index (χ1n) is 7.22. The molecule has 0 aromatic carbocycles. The highest BCUT2D eigenvalue weighted by molar-refractivity contribution is 5.08. The lowest BCUT2D eigenvalue weighted by molar-refractivity contribution is 0.0466. The van der Waals surface area contributed by atoms with Gasteiger partial charge in [0.25, 0.3) is 0 Å². The minimum absolute atomic E-state index is 0.603. The molecular formula is C15H25N3O. The third kappa shape index (κ3) is 4.56. The smallest absolute Gasteiger partial charge is 0.0593 e. The zero-order chi connectivity index (χ0) is 13.5. The first-order chi connectivity index (χ1) is 9.29. The van der Waals surface area contributed by atoms with Gasteiger partial charge in [0.15, 0.2) is 0 Å². The molecule has 106 valence electrons. The van der Waals surface area contributed by atoms with E-state index >= 15 is 0 Å². The molecule has 0 spiro atoms. The Morgan fingerprint density at radius 2 is 2.32 bits per heavy atom. The molecule has 1 aliphatic heterocycles. The molecule has 0 amide bonds. The molecule has 1 aliphatic rings. The molecule has 1 aromatic heterocycles. The summed E-state index contributed by atoms with van der Waals surface area (Å²) in [7, 11) is 0. The lowest BCUT2D eigenvalue weighted by Crippen LogP contribution is -2.52. The van der Waals surface area contributed by atoms with Crippen molar-refractivity contribution < 1.29 is 4.74 Å². The summed E-state index contributed by atoms with van der Waals surface area (Å²) in [6, 6.07) is 4.77. The molecule has 0 radical (unpaired) electrons. The number of pyridine rings is 1. The third-order valence-electron chi connectivity index (χ3n) is 3.71. The Kier molecular flexibility index (Phi) is 5.76. The highest BCUT2D eigenvalue weighted by Crippen LogP contribution is 2.12. The van der Waals surface area contributed by atoms with Crippen LogP contribution in [0.3, 0.4) is 0 Å². The maximum absolute atomic E-state index is 5.44. The van der Waals surface area contributed by atoms with Crippen LogP contribution in [0.2, 0.25) is 0 Å². The van der Waals surface area contributed by atoms with Gasteiger partial charge in [-0.3, -0.25) is 14.8 Å². The number of aromatic nitrogens is 1. The van der Waals surface area contributed by atoms with Crippen molar-refractivity contribution in [1.82, 2.24) is 14.8 Å². The summed E-state index contributed by atoms with van der Waals surface area (Å²) < 4.78 is 5.44. The zero-order valence-electron chi connectivity index (χ0n) is 12.1. The molecule has 1 fully saturated rings. The van der Waals surface area contributed by atoms with Gasteiger partial charge in [0.1, 0.15) is 0 Å². The molecule has 0 bridgehead atoms. The summed E-state index contributed by atoms with van der Waals surface area (Å²) in [4.78, 5) is 9.22. The van der Waals surface area contributed by atoms with Gasteiger partial charge in [-0.25, -0.2) is 0 Å². The van der Waals surface area contributed by atoms with Gasteiger partial charge in [0, 0.05) is 57.8 Å². The van der Waals surface area contributed by atoms with E-state index in [1.54, 1.807) is 0 Å². The van der Waals surface area contributed by atoms with E-state index in [1.807, 2.05) is 18.5 Å². The highest BCUT2D eigenvalue weighted by atomic mass is 16.5. The monoisotopic (exact) mass is 263 g/mol. The summed E-state index contributed by atoms with van der Waals surface area (Å²) in [5.41, 5.74) is 1.30. The molecule has 0 N–H and O–H groups in total. The number of hydrogen-bond acceptors (Lipinski definition) is 4. The number of piperazine rings is 1. The van der Waals surface area contributed by atoms with E-state index in [1.165, 1.54) is 5.56 Å². The van der Waals surface area contributed by atoms with Crippen molar-refractivity contribution in [3.63, 3.8) is 0 Å². The Bertz CT molecular complexity index is 358. The first-order valence-corrected chi connectivity index (χ1v) is 7.22. The Labute approximate surface area is 116 Å². The SMILES string of the molecule is CCOCCN1CCN(Cc2cccnc2)C[C@H]1C. The minimum atomic E-state index is 0.603. The van der Waals surface area contributed by atoms with Crippen molar-refractivity contribution in [3.05, 3.63) is 30.1 Å². The van der Waals surface area contributed by atoms with Crippen molar-refractivity contribution in [3.8, 4) is 0 Å². The molecule has 0 unspecified atom stereocenters. The van der Waals surface area contributed by atoms with Crippen LogP contribution in [-0.4, -0.2) is 60.2 Å². The van der Waals surface area contributed by atoms with Crippen LogP contribution in [0.25, 0.3) is 0 Å². The lowest BCUT2D eigenvalue weighted by atomic mass is 10.1. The van der Waals surface area contributed by atoms with Gasteiger partial charge in [-0.05, 0) is 25.5 Å². The number of hydrogen-bond donors (Lipinski definition) is 0. The molecular weight excluding hydrogens is 238 g/mol. The van der Waals surface area contributed by atoms with Gasteiger partial charge in [-0.1, -0.05) is 6.07 Å². The van der Waals surface area contributed by atoms with Crippen LogP contribution in [-0.2, 0) is 11.3 Å². The Hall–Kier alpha value is -0.970. The van der Waals surface area contributed by atoms with E-state index < -0.39 is 0 Å². The predicted molar refractivity (Wildman–Crippen MR) is 77.0 cm³/mol. The van der Waals surface area contributed by atoms with Gasteiger partial charge in [-0.15, -0.1) is 0 Å². The van der Waals surface area contributed by atoms with Crippen molar-refractivity contribution >= 4 is 0 Å². The molecule has 2 rings (SSSR count). The topological polar surface area (TPSA) is 28.6 Å². The number of nitrogens with zero attached hydrogens (tertiary/aromatic N) is 3. The minimum Gasteiger partial charge on any atom is -0.380 e. The van der Waals surface area contributed by atoms with Crippen molar-refractivity contribution in [2.24, 2.45) is 0 Å². The standard InChI is InChI=1S/C15H25N3O/c1-3-19-10-9-18-8-7-17(12-14(18)2)13-15-5-4-6-16-11-15/h4-6,11,14H,3,7-10,12-13H2,1-2H3/t14-/m1/s1. The first kappa shape index (κ1) is 14.4. The van der Waals surface area contributed by atoms with Gasteiger partial charge in [0.2, 0.25) is 0 Å². The maximum Gasteiger partial charge on any atom is 0.0593 e. The quantitative estimate of drug-likeness (QED) is 0.729. The van der Waals surface area contributed by atoms with Crippen molar-refractivity contribution in [2.75, 3.05) is 39.4 Å². The van der Waals surface area contributed by atoms with E-state index in [0.29, 0.717) is 6.04 Å². The summed E-state index contributed by atoms with van der Waals surface area (Å²) in [6.45, 7) is 11.5. The van der Waals surface area contributed by atoms with E-state index in [4.69, 9.17) is 4.74 Å². The molecule has 1 aromatic rings. The second-order valence-corrected chi connectivity index (χ2v) is 5.18. The fourth-order valence-electron chi connectivity index (χ4n) is 2.62. The number of rotatable bonds is 6. The molecule has 1 atom stereocenters. The van der Waals surface area contributed by atoms with Crippen LogP contribution in [0.5, 0.6) is 0 Å². The fraction of sp³-hybridized carbons (Fsp3) is 0.667. The van der Waals surface area contributed by atoms with Crippen molar-refractivity contribution in [2.45, 2.75) is 26.4 Å². The Morgan fingerprint density at radius 1 is 1.42 bits per heavy atom. The summed E-state index contributed by atoms with van der Waals surface area (Å²) in [6.07, 6.45) is 3.80. The van der Waals surface area contributed by atoms with Crippen LogP contribution >= 0.6 is 0 Å². The predicted octanol–water partition coefficient (Wildman–Crippen LogP) is 1.62. The second kappa shape index (κ2) is 7.58. The molecule has 0 aliphatic carbocycles. The Balaban J connectivity index is 1.76. The van der Waals surface area contributed by atoms with Gasteiger partial charge >= 0.3 is 0 Å². The van der Waals surface area contributed by atoms with Crippen molar-refractivity contribution in [1.29, 1.82) is 0 Å². The Morgan fingerprint density at radius 3 is 3.00 bits per heavy atom. The van der Waals surface area contributed by atoms with Crippen LogP contribution in [0, 0.1) is 0 Å². The van der Waals surface area contributed by atoms with Crippen LogP contribution in [0.1, 0.15) is 19.4 Å². The van der Waals surface area contributed by atoms with E-state index in [0.717, 1.165) is 45.9 Å². The normalized spacial score (nSPS) is 21.7. The maximum atomic E-state index is 5.44. The van der Waals surface area contributed by atoms with Crippen LogP contribution in [0.4, 0.5) is 0 Å². The molecule has 4 heteroatoms. The average molecular weight is 263 g/mol. The van der Waals surface area contributed by atoms with Gasteiger partial charge in [-0.2, -0.15) is 0 Å². The highest BCUT2D eigenvalue weighted by Gasteiger charge is 2.23. The van der Waals surface area contributed by atoms with E-state index in [2.05, 4.69) is 34.7 Å². The van der Waals surface area contributed by atoms with Crippen LogP contribution < -0.4 is 0 Å². The van der Waals surface area contributed by atoms with E-state index in [9.17, 15) is 0 Å². The van der Waals surface area contributed by atoms with Gasteiger partial charge in [0.05, 0.1) is 6.61 Å². The average Bonchev–Trinajstić information content (AvgIpc) is 2.43. The molecule has 1 saturated heterocycles. The lowest BCUT2D eigenvalue weighted by Gasteiger charge is -2.39. The van der Waals surface area contributed by atoms with Gasteiger partial charge < -0.3 is 4.74 Å². The summed E-state index contributed by atoms with van der Waals surface area (Å²) in [5.74, 6) is 0. The largest absolute Gasteiger partial charge is 0.380 e. The van der Waals surface area contributed by atoms with E-state index in [-0.39, 0.29) is 0 Å². The fourth-order valence-corrected chi connectivity index (χ4v) is 2.62. The third-order valence-corrected chi connectivity index (χ3v) is 3.71. The summed E-state index contributed by atoms with van der Waals surface area (Å²) in [5, 5.41) is 0. The second-order valence-electron chi connectivity index (χ2n) is 5.18. The molecule has 4 nitrogen and oxygen atoms in total. The zero-order valence-corrected chi connectivity index (χ0v) is 12.1. The molecule has 2 heterocycles. The molecule has 0 saturated carbocycles. The van der Waals surface area contributed by atoms with Crippen LogP contribution in [0.15, 0.2) is 24.5 Å². The summed E-state index contributed by atoms with van der Waals surface area (Å²) >= 11 is 0. The molecule has 19 heavy (non-hydrogen) atoms. The number of ether oxygens (including phenoxy) is 1.